The molecule has 0 unspecified atom stereocenters. The number of pyridine rings is 2. The summed E-state index contributed by atoms with van der Waals surface area (Å²) in [4.78, 5) is 24.3. The van der Waals surface area contributed by atoms with Gasteiger partial charge in [0.25, 0.3) is 0 Å². The van der Waals surface area contributed by atoms with Crippen molar-refractivity contribution in [2.24, 2.45) is 0 Å². The number of halogens is 2. The Hall–Kier alpha value is -8.26. The predicted octanol–water partition coefficient (Wildman–Crippen LogP) is 5.66. The summed E-state index contributed by atoms with van der Waals surface area (Å²) in [7, 11) is 1.43. The van der Waals surface area contributed by atoms with Crippen LogP contribution in [0.25, 0.3) is 34.4 Å². The van der Waals surface area contributed by atoms with Crippen LogP contribution in [-0.4, -0.2) is 129 Å². The molecule has 0 fully saturated rings. The molecule has 2 aromatic carbocycles. The number of hydrogen-bond acceptors (Lipinski definition) is 20. The number of nitrogens with zero attached hydrogens (tertiary/aromatic N) is 12. The summed E-state index contributed by atoms with van der Waals surface area (Å²) < 4.78 is 116. The zero-order valence-electron chi connectivity index (χ0n) is 41.2. The van der Waals surface area contributed by atoms with Gasteiger partial charge in [0.05, 0.1) is 77.9 Å². The van der Waals surface area contributed by atoms with Crippen LogP contribution in [0, 0.1) is 11.6 Å². The molecule has 6 heterocycles. The molecule has 6 aromatic heterocycles. The van der Waals surface area contributed by atoms with Crippen LogP contribution >= 0.6 is 0 Å². The first-order valence-corrected chi connectivity index (χ1v) is 25.7. The summed E-state index contributed by atoms with van der Waals surface area (Å²) in [6.07, 6.45) is 7.10. The quantitative estimate of drug-likeness (QED) is 0.0891. The molecule has 8 rings (SSSR count). The molecule has 2 atom stereocenters. The van der Waals surface area contributed by atoms with Crippen LogP contribution in [0.2, 0.25) is 0 Å². The Morgan fingerprint density at radius 1 is 0.486 bits per heavy atom. The Morgan fingerprint density at radius 2 is 0.824 bits per heavy atom. The first-order chi connectivity index (χ1) is 35.5. The van der Waals surface area contributed by atoms with E-state index in [1.165, 1.54) is 56.5 Å². The van der Waals surface area contributed by atoms with Crippen molar-refractivity contribution in [1.82, 2.24) is 59.4 Å². The number of benzene rings is 2. The topological polar surface area (TPSA) is 262 Å². The van der Waals surface area contributed by atoms with Crippen molar-refractivity contribution >= 4 is 19.7 Å². The second kappa shape index (κ2) is 23.5. The Kier molecular flexibility index (Phi) is 17.0. The number of methoxy groups -OCH3 is 6. The van der Waals surface area contributed by atoms with Gasteiger partial charge in [-0.25, -0.2) is 45.6 Å². The summed E-state index contributed by atoms with van der Waals surface area (Å²) in [6, 6.07) is 17.0. The molecule has 388 valence electrons. The molecule has 26 heteroatoms. The summed E-state index contributed by atoms with van der Waals surface area (Å²) in [6.45, 7) is 3.08. The first-order valence-electron chi connectivity index (χ1n) is 22.2. The van der Waals surface area contributed by atoms with Crippen molar-refractivity contribution in [1.29, 1.82) is 0 Å². The van der Waals surface area contributed by atoms with Crippen molar-refractivity contribution in [2.45, 2.75) is 48.7 Å². The van der Waals surface area contributed by atoms with Gasteiger partial charge in [0.2, 0.25) is 0 Å². The number of ether oxygens (including phenoxy) is 6. The lowest BCUT2D eigenvalue weighted by atomic mass is 10.2. The molecule has 22 nitrogen and oxygen atoms in total. The lowest BCUT2D eigenvalue weighted by Gasteiger charge is -2.18. The largest absolute Gasteiger partial charge is 0.497 e. The van der Waals surface area contributed by atoms with Crippen LogP contribution in [-0.2, 0) is 44.0 Å². The van der Waals surface area contributed by atoms with Gasteiger partial charge in [0.15, 0.2) is 54.6 Å². The molecule has 0 N–H and O–H groups in total. The van der Waals surface area contributed by atoms with Gasteiger partial charge in [0.1, 0.15) is 80.4 Å². The van der Waals surface area contributed by atoms with E-state index in [1.807, 2.05) is 0 Å². The molecular weight excluding hydrogens is 1010 g/mol. The van der Waals surface area contributed by atoms with Crippen LogP contribution < -0.4 is 28.4 Å². The Labute approximate surface area is 424 Å². The standard InChI is InChI=1S/2C24H25FN6O5S/c2*1-15(10-21-27-12-16(25)13-28-21)37(32,33)14-22-29-30-24(18-11-17(34-2)8-9-26-18)31(22)23-19(35-3)6-5-7-20(23)36-4/h2*5-9,11-13,15H,10,14H2,1-4H3/t2*15-/m10/s1. The second-order valence-corrected chi connectivity index (χ2v) is 20.9. The highest BCUT2D eigenvalue weighted by Crippen LogP contribution is 2.39. The van der Waals surface area contributed by atoms with E-state index in [-0.39, 0.29) is 47.8 Å². The SMILES string of the molecule is COc1ccnc(-c2nnc(CS(=O)(=O)[C@@H](C)Cc3ncc(F)cn3)n2-c2c(OC)cccc2OC)c1.COc1ccnc(-c2nnc(CS(=O)(=O)[C@H](C)Cc3ncc(F)cn3)n2-c2c(OC)cccc2OC)c1. The van der Waals surface area contributed by atoms with Gasteiger partial charge in [-0.1, -0.05) is 12.1 Å². The highest BCUT2D eigenvalue weighted by molar-refractivity contribution is 7.91. The molecule has 74 heavy (non-hydrogen) atoms. The fourth-order valence-corrected chi connectivity index (χ4v) is 9.82. The van der Waals surface area contributed by atoms with Crippen molar-refractivity contribution in [2.75, 3.05) is 42.7 Å². The lowest BCUT2D eigenvalue weighted by Crippen LogP contribution is -2.24. The van der Waals surface area contributed by atoms with Crippen molar-refractivity contribution in [3.8, 4) is 68.9 Å². The molecule has 0 aliphatic carbocycles. The summed E-state index contributed by atoms with van der Waals surface area (Å²) in [5.41, 5.74) is 1.63. The summed E-state index contributed by atoms with van der Waals surface area (Å²) in [5, 5.41) is 15.2. The van der Waals surface area contributed by atoms with Crippen LogP contribution in [0.1, 0.15) is 37.1 Å². The average Bonchev–Trinajstić information content (AvgIpc) is 4.02. The smallest absolute Gasteiger partial charge is 0.187 e. The maximum Gasteiger partial charge on any atom is 0.187 e. The number of para-hydroxylation sites is 2. The zero-order valence-corrected chi connectivity index (χ0v) is 42.9. The molecule has 8 aromatic rings. The third-order valence-corrected chi connectivity index (χ3v) is 15.4. The Morgan fingerprint density at radius 3 is 1.14 bits per heavy atom. The third kappa shape index (κ3) is 12.1. The number of aromatic nitrogens is 12. The maximum absolute atomic E-state index is 13.4. The van der Waals surface area contributed by atoms with E-state index in [4.69, 9.17) is 28.4 Å². The van der Waals surface area contributed by atoms with Gasteiger partial charge in [-0.2, -0.15) is 0 Å². The molecular formula is C48H50F2N12O10S2. The second-order valence-electron chi connectivity index (χ2n) is 16.0. The normalized spacial score (nSPS) is 12.2. The van der Waals surface area contributed by atoms with Crippen LogP contribution in [0.5, 0.6) is 34.5 Å². The molecule has 0 aliphatic heterocycles. The van der Waals surface area contributed by atoms with Crippen molar-refractivity contribution < 1.29 is 54.0 Å². The van der Waals surface area contributed by atoms with Gasteiger partial charge in [-0.15, -0.1) is 20.4 Å². The van der Waals surface area contributed by atoms with E-state index in [1.54, 1.807) is 82.2 Å². The van der Waals surface area contributed by atoms with E-state index in [0.29, 0.717) is 57.3 Å². The average molecular weight is 1060 g/mol. The van der Waals surface area contributed by atoms with Gasteiger partial charge in [-0.3, -0.25) is 19.1 Å². The Bertz CT molecular complexity index is 3170. The number of rotatable bonds is 20. The molecule has 0 amide bonds. The fourth-order valence-electron chi connectivity index (χ4n) is 7.35. The van der Waals surface area contributed by atoms with Crippen LogP contribution in [0.4, 0.5) is 8.78 Å². The molecule has 0 aliphatic rings. The van der Waals surface area contributed by atoms with Gasteiger partial charge < -0.3 is 28.4 Å². The van der Waals surface area contributed by atoms with Crippen LogP contribution in [0.3, 0.4) is 0 Å². The minimum Gasteiger partial charge on any atom is -0.497 e. The van der Waals surface area contributed by atoms with Crippen molar-refractivity contribution in [3.05, 3.63) is 133 Å². The summed E-state index contributed by atoms with van der Waals surface area (Å²) in [5.74, 6) is 1.79. The maximum atomic E-state index is 13.4. The van der Waals surface area contributed by atoms with Gasteiger partial charge in [-0.05, 0) is 50.2 Å². The first kappa shape index (κ1) is 53.5. The Balaban J connectivity index is 0.000000216. The third-order valence-electron chi connectivity index (χ3n) is 11.3. The predicted molar refractivity (Wildman–Crippen MR) is 264 cm³/mol. The molecule has 0 saturated heterocycles. The minimum absolute atomic E-state index is 0.000966. The minimum atomic E-state index is -3.80. The highest BCUT2D eigenvalue weighted by Gasteiger charge is 2.32. The summed E-state index contributed by atoms with van der Waals surface area (Å²) >= 11 is 0. The van der Waals surface area contributed by atoms with Gasteiger partial charge in [0, 0.05) is 37.4 Å². The molecule has 0 radical (unpaired) electrons. The highest BCUT2D eigenvalue weighted by atomic mass is 32.2. The van der Waals surface area contributed by atoms with E-state index in [9.17, 15) is 25.6 Å². The van der Waals surface area contributed by atoms with Crippen molar-refractivity contribution in [3.63, 3.8) is 0 Å². The van der Waals surface area contributed by atoms with E-state index >= 15 is 0 Å². The number of hydrogen-bond donors (Lipinski definition) is 0. The monoisotopic (exact) mass is 1060 g/mol. The zero-order chi connectivity index (χ0) is 53.2. The van der Waals surface area contributed by atoms with E-state index in [0.717, 1.165) is 24.8 Å². The molecule has 0 spiro atoms. The lowest BCUT2D eigenvalue weighted by molar-refractivity contribution is 0.390. The number of sulfone groups is 2. The van der Waals surface area contributed by atoms with E-state index in [2.05, 4.69) is 50.3 Å². The van der Waals surface area contributed by atoms with Gasteiger partial charge >= 0.3 is 0 Å². The van der Waals surface area contributed by atoms with E-state index < -0.39 is 53.3 Å². The van der Waals surface area contributed by atoms with Crippen LogP contribution in [0.15, 0.2) is 97.8 Å². The molecule has 0 bridgehead atoms. The molecule has 0 saturated carbocycles. The fraction of sp³-hybridized carbons (Fsp3) is 0.292.